The number of hydrogen-bond acceptors (Lipinski definition) is 5. The van der Waals surface area contributed by atoms with Gasteiger partial charge in [-0.2, -0.15) is 0 Å². The van der Waals surface area contributed by atoms with E-state index in [1.807, 2.05) is 17.5 Å². The molecule has 0 saturated heterocycles. The summed E-state index contributed by atoms with van der Waals surface area (Å²) in [5.41, 5.74) is 1.03. The third kappa shape index (κ3) is 3.79. The van der Waals surface area contributed by atoms with Crippen LogP contribution >= 0.6 is 22.9 Å². The molecule has 0 radical (unpaired) electrons. The molecule has 7 heteroatoms. The average Bonchev–Trinajstić information content (AvgIpc) is 3.16. The summed E-state index contributed by atoms with van der Waals surface area (Å²) in [4.78, 5) is 17.0. The van der Waals surface area contributed by atoms with Crippen LogP contribution in [0, 0.1) is 0 Å². The van der Waals surface area contributed by atoms with Gasteiger partial charge in [-0.05, 0) is 55.6 Å². The van der Waals surface area contributed by atoms with Gasteiger partial charge in [-0.1, -0.05) is 11.6 Å². The minimum atomic E-state index is -1.07. The van der Waals surface area contributed by atoms with Crippen molar-refractivity contribution in [2.75, 3.05) is 0 Å². The molecule has 3 heterocycles. The van der Waals surface area contributed by atoms with E-state index in [-0.39, 0.29) is 5.56 Å². The molecule has 4 rings (SSSR count). The van der Waals surface area contributed by atoms with E-state index in [4.69, 9.17) is 16.3 Å². The van der Waals surface area contributed by atoms with Gasteiger partial charge in [-0.15, -0.1) is 11.3 Å². The minimum absolute atomic E-state index is 0.0585. The third-order valence-corrected chi connectivity index (χ3v) is 5.86. The largest absolute Gasteiger partial charge is 0.438 e. The van der Waals surface area contributed by atoms with Crippen molar-refractivity contribution < 1.29 is 9.84 Å². The van der Waals surface area contributed by atoms with Gasteiger partial charge in [-0.25, -0.2) is 4.98 Å². The summed E-state index contributed by atoms with van der Waals surface area (Å²) < 4.78 is 8.45. The van der Waals surface area contributed by atoms with Gasteiger partial charge in [0.05, 0.1) is 11.0 Å². The molecular weight excluding hydrogens is 408 g/mol. The Balaban J connectivity index is 1.95. The lowest BCUT2D eigenvalue weighted by molar-refractivity contribution is 0.0782. The van der Waals surface area contributed by atoms with Crippen molar-refractivity contribution in [1.82, 2.24) is 9.55 Å². The smallest absolute Gasteiger partial charge is 0.259 e. The summed E-state index contributed by atoms with van der Waals surface area (Å²) in [5.74, 6) is 0.972. The number of aromatic nitrogens is 2. The predicted molar refractivity (Wildman–Crippen MR) is 117 cm³/mol. The highest BCUT2D eigenvalue weighted by Gasteiger charge is 2.22. The van der Waals surface area contributed by atoms with Crippen LogP contribution in [0.4, 0.5) is 0 Å². The number of aliphatic hydroxyl groups is 1. The van der Waals surface area contributed by atoms with Crippen molar-refractivity contribution in [2.45, 2.75) is 19.4 Å². The SMILES string of the molecule is Cn1cc(-c2cc(C(C)(C)O)cnc2Oc2ccc(Cl)cc2)c2sccc2c1=O. The van der Waals surface area contributed by atoms with Crippen LogP contribution < -0.4 is 10.3 Å². The maximum atomic E-state index is 12.5. The number of aryl methyl sites for hydroxylation is 1. The first-order valence-corrected chi connectivity index (χ1v) is 10.2. The molecule has 29 heavy (non-hydrogen) atoms. The van der Waals surface area contributed by atoms with Crippen LogP contribution in [0.2, 0.25) is 5.02 Å². The number of nitrogens with zero attached hydrogens (tertiary/aromatic N) is 2. The Morgan fingerprint density at radius 3 is 2.59 bits per heavy atom. The average molecular weight is 427 g/mol. The van der Waals surface area contributed by atoms with Crippen LogP contribution in [-0.2, 0) is 12.6 Å². The van der Waals surface area contributed by atoms with E-state index >= 15 is 0 Å². The molecule has 1 N–H and O–H groups in total. The second-order valence-electron chi connectivity index (χ2n) is 7.31. The van der Waals surface area contributed by atoms with Gasteiger partial charge >= 0.3 is 0 Å². The lowest BCUT2D eigenvalue weighted by Crippen LogP contribution is -2.17. The fraction of sp³-hybridized carbons (Fsp3) is 0.182. The second kappa shape index (κ2) is 7.30. The Bertz CT molecular complexity index is 1250. The van der Waals surface area contributed by atoms with Crippen LogP contribution in [-0.4, -0.2) is 14.7 Å². The number of fused-ring (bicyclic) bond motifs is 1. The second-order valence-corrected chi connectivity index (χ2v) is 8.67. The topological polar surface area (TPSA) is 64.3 Å². The highest BCUT2D eigenvalue weighted by molar-refractivity contribution is 7.17. The standard InChI is InChI=1S/C22H19ClN2O3S/c1-22(2,27)13-10-17(18-12-25(3)21(26)16-8-9-29-19(16)18)20(24-11-13)28-15-6-4-14(23)5-7-15/h4-12,27H,1-3H3. The van der Waals surface area contributed by atoms with Gasteiger partial charge in [0.2, 0.25) is 5.88 Å². The molecule has 0 aliphatic carbocycles. The third-order valence-electron chi connectivity index (χ3n) is 4.66. The quantitative estimate of drug-likeness (QED) is 0.478. The fourth-order valence-corrected chi connectivity index (χ4v) is 4.09. The zero-order valence-electron chi connectivity index (χ0n) is 16.1. The molecule has 0 spiro atoms. The molecule has 5 nitrogen and oxygen atoms in total. The van der Waals surface area contributed by atoms with Gasteiger partial charge < -0.3 is 14.4 Å². The van der Waals surface area contributed by atoms with Crippen molar-refractivity contribution in [3.8, 4) is 22.8 Å². The van der Waals surface area contributed by atoms with E-state index in [1.54, 1.807) is 62.1 Å². The zero-order valence-corrected chi connectivity index (χ0v) is 17.7. The van der Waals surface area contributed by atoms with Crippen LogP contribution in [0.15, 0.2) is 59.0 Å². The molecule has 0 fully saturated rings. The summed E-state index contributed by atoms with van der Waals surface area (Å²) >= 11 is 7.45. The number of hydrogen-bond donors (Lipinski definition) is 1. The van der Waals surface area contributed by atoms with Crippen molar-refractivity contribution in [3.05, 3.63) is 75.1 Å². The number of benzene rings is 1. The normalized spacial score (nSPS) is 11.8. The Kier molecular flexibility index (Phi) is 4.94. The first-order chi connectivity index (χ1) is 13.7. The summed E-state index contributed by atoms with van der Waals surface area (Å²) in [7, 11) is 1.72. The number of pyridine rings is 2. The lowest BCUT2D eigenvalue weighted by Gasteiger charge is -2.20. The molecule has 0 saturated carbocycles. The van der Waals surface area contributed by atoms with E-state index in [1.165, 1.54) is 11.3 Å². The monoisotopic (exact) mass is 426 g/mol. The summed E-state index contributed by atoms with van der Waals surface area (Å²) in [6.45, 7) is 3.41. The number of ether oxygens (including phenoxy) is 1. The van der Waals surface area contributed by atoms with Gasteiger partial charge in [0, 0.05) is 45.9 Å². The van der Waals surface area contributed by atoms with E-state index < -0.39 is 5.60 Å². The zero-order chi connectivity index (χ0) is 20.8. The Hall–Kier alpha value is -2.67. The number of thiophene rings is 1. The molecule has 0 amide bonds. The van der Waals surface area contributed by atoms with Crippen molar-refractivity contribution in [1.29, 1.82) is 0 Å². The van der Waals surface area contributed by atoms with Gasteiger partial charge in [0.25, 0.3) is 5.56 Å². The summed E-state index contributed by atoms with van der Waals surface area (Å²) in [6, 6.07) is 10.7. The summed E-state index contributed by atoms with van der Waals surface area (Å²) in [5, 5.41) is 13.6. The van der Waals surface area contributed by atoms with Gasteiger partial charge in [0.15, 0.2) is 0 Å². The van der Waals surface area contributed by atoms with Crippen molar-refractivity contribution in [2.24, 2.45) is 7.05 Å². The maximum Gasteiger partial charge on any atom is 0.259 e. The molecule has 3 aromatic heterocycles. The number of halogens is 1. The lowest BCUT2D eigenvalue weighted by atomic mass is 9.96. The maximum absolute atomic E-state index is 12.5. The molecule has 0 aliphatic heterocycles. The first-order valence-electron chi connectivity index (χ1n) is 8.97. The highest BCUT2D eigenvalue weighted by atomic mass is 35.5. The van der Waals surface area contributed by atoms with E-state index in [0.717, 1.165) is 10.3 Å². The van der Waals surface area contributed by atoms with Crippen molar-refractivity contribution in [3.63, 3.8) is 0 Å². The Labute approximate surface area is 176 Å². The molecule has 0 bridgehead atoms. The number of rotatable bonds is 4. The molecule has 4 aromatic rings. The van der Waals surface area contributed by atoms with Crippen LogP contribution in [0.5, 0.6) is 11.6 Å². The van der Waals surface area contributed by atoms with Crippen molar-refractivity contribution >= 4 is 33.0 Å². The van der Waals surface area contributed by atoms with E-state index in [2.05, 4.69) is 4.98 Å². The van der Waals surface area contributed by atoms with Gasteiger partial charge in [0.1, 0.15) is 5.75 Å². The highest BCUT2D eigenvalue weighted by Crippen LogP contribution is 2.39. The predicted octanol–water partition coefficient (Wildman–Crippen LogP) is 5.34. The molecule has 148 valence electrons. The van der Waals surface area contributed by atoms with Gasteiger partial charge in [-0.3, -0.25) is 4.79 Å². The first kappa shape index (κ1) is 19.6. The van der Waals surface area contributed by atoms with Crippen LogP contribution in [0.1, 0.15) is 19.4 Å². The molecular formula is C22H19ClN2O3S. The Morgan fingerprint density at radius 1 is 1.17 bits per heavy atom. The fourth-order valence-electron chi connectivity index (χ4n) is 3.05. The molecule has 0 unspecified atom stereocenters. The molecule has 0 aliphatic rings. The molecule has 1 aromatic carbocycles. The molecule has 0 atom stereocenters. The minimum Gasteiger partial charge on any atom is -0.438 e. The Morgan fingerprint density at radius 2 is 1.90 bits per heavy atom. The van der Waals surface area contributed by atoms with E-state index in [0.29, 0.717) is 33.2 Å². The van der Waals surface area contributed by atoms with E-state index in [9.17, 15) is 9.90 Å². The summed E-state index contributed by atoms with van der Waals surface area (Å²) in [6.07, 6.45) is 3.38. The van der Waals surface area contributed by atoms with Crippen LogP contribution in [0.25, 0.3) is 21.2 Å². The van der Waals surface area contributed by atoms with Crippen LogP contribution in [0.3, 0.4) is 0 Å².